The van der Waals surface area contributed by atoms with Gasteiger partial charge in [0.2, 0.25) is 0 Å². The quantitative estimate of drug-likeness (QED) is 0.939. The minimum atomic E-state index is 0.0506. The Morgan fingerprint density at radius 2 is 2.09 bits per heavy atom. The minimum absolute atomic E-state index is 0.0506. The summed E-state index contributed by atoms with van der Waals surface area (Å²) < 4.78 is 5.29. The van der Waals surface area contributed by atoms with Crippen molar-refractivity contribution < 1.29 is 9.53 Å². The number of ether oxygens (including phenoxy) is 1. The third kappa shape index (κ3) is 3.52. The van der Waals surface area contributed by atoms with Gasteiger partial charge in [-0.1, -0.05) is 12.1 Å². The van der Waals surface area contributed by atoms with E-state index in [4.69, 9.17) is 4.74 Å². The van der Waals surface area contributed by atoms with Crippen molar-refractivity contribution in [3.63, 3.8) is 0 Å². The van der Waals surface area contributed by atoms with Crippen molar-refractivity contribution >= 4 is 5.91 Å². The van der Waals surface area contributed by atoms with Gasteiger partial charge in [-0.25, -0.2) is 4.98 Å². The number of H-pyrrole nitrogens is 1. The highest BCUT2D eigenvalue weighted by Gasteiger charge is 2.26. The molecule has 23 heavy (non-hydrogen) atoms. The minimum Gasteiger partial charge on any atom is -0.496 e. The van der Waals surface area contributed by atoms with Gasteiger partial charge in [0.05, 0.1) is 12.7 Å². The van der Waals surface area contributed by atoms with E-state index in [0.29, 0.717) is 17.2 Å². The van der Waals surface area contributed by atoms with Gasteiger partial charge in [-0.15, -0.1) is 0 Å². The molecular formula is C17H22N4O2. The summed E-state index contributed by atoms with van der Waals surface area (Å²) in [5.74, 6) is 2.94. The van der Waals surface area contributed by atoms with Gasteiger partial charge in [0.1, 0.15) is 11.6 Å². The molecule has 3 rings (SSSR count). The molecule has 0 spiro atoms. The first kappa shape index (κ1) is 15.5. The summed E-state index contributed by atoms with van der Waals surface area (Å²) in [6, 6.07) is 7.39. The number of methoxy groups -OCH3 is 1. The summed E-state index contributed by atoms with van der Waals surface area (Å²) in [7, 11) is 1.59. The van der Waals surface area contributed by atoms with Crippen LogP contribution in [0.2, 0.25) is 0 Å². The predicted octanol–water partition coefficient (Wildman–Crippen LogP) is 2.22. The molecule has 0 atom stereocenters. The Morgan fingerprint density at radius 3 is 2.74 bits per heavy atom. The second-order valence-corrected chi connectivity index (χ2v) is 5.98. The lowest BCUT2D eigenvalue weighted by atomic mass is 9.93. The van der Waals surface area contributed by atoms with Gasteiger partial charge >= 0.3 is 0 Å². The number of aryl methyl sites for hydroxylation is 1. The molecule has 0 radical (unpaired) electrons. The van der Waals surface area contributed by atoms with Crippen LogP contribution in [-0.4, -0.2) is 46.2 Å². The molecule has 1 fully saturated rings. The summed E-state index contributed by atoms with van der Waals surface area (Å²) in [5, 5.41) is 7.08. The van der Waals surface area contributed by atoms with E-state index < -0.39 is 0 Å². The summed E-state index contributed by atoms with van der Waals surface area (Å²) in [6.07, 6.45) is 2.84. The van der Waals surface area contributed by atoms with Crippen LogP contribution in [0.1, 0.15) is 34.8 Å². The number of aromatic nitrogens is 3. The van der Waals surface area contributed by atoms with Crippen LogP contribution < -0.4 is 4.74 Å². The molecule has 1 amide bonds. The molecule has 1 aromatic heterocycles. The van der Waals surface area contributed by atoms with E-state index >= 15 is 0 Å². The fourth-order valence-electron chi connectivity index (χ4n) is 3.07. The molecule has 1 N–H and O–H groups in total. The van der Waals surface area contributed by atoms with E-state index in [2.05, 4.69) is 15.2 Å². The van der Waals surface area contributed by atoms with Crippen molar-refractivity contribution in [2.24, 2.45) is 5.92 Å². The predicted molar refractivity (Wildman–Crippen MR) is 86.4 cm³/mol. The Hall–Kier alpha value is -2.37. The normalized spacial score (nSPS) is 15.7. The van der Waals surface area contributed by atoms with Gasteiger partial charge in [-0.2, -0.15) is 5.10 Å². The fraction of sp³-hybridized carbons (Fsp3) is 0.471. The van der Waals surface area contributed by atoms with Crippen LogP contribution in [0.4, 0.5) is 0 Å². The first-order chi connectivity index (χ1) is 11.2. The Morgan fingerprint density at radius 1 is 1.35 bits per heavy atom. The molecule has 122 valence electrons. The van der Waals surface area contributed by atoms with Crippen LogP contribution in [0.25, 0.3) is 0 Å². The highest BCUT2D eigenvalue weighted by atomic mass is 16.5. The van der Waals surface area contributed by atoms with Gasteiger partial charge in [-0.3, -0.25) is 9.89 Å². The monoisotopic (exact) mass is 314 g/mol. The highest BCUT2D eigenvalue weighted by Crippen LogP contribution is 2.24. The van der Waals surface area contributed by atoms with E-state index in [-0.39, 0.29) is 5.91 Å². The largest absolute Gasteiger partial charge is 0.496 e. The summed E-state index contributed by atoms with van der Waals surface area (Å²) in [5.41, 5.74) is 0.637. The topological polar surface area (TPSA) is 71.1 Å². The molecule has 1 saturated heterocycles. The van der Waals surface area contributed by atoms with Gasteiger partial charge in [-0.05, 0) is 37.8 Å². The van der Waals surface area contributed by atoms with Crippen LogP contribution in [-0.2, 0) is 6.42 Å². The number of aromatic amines is 1. The molecule has 0 bridgehead atoms. The van der Waals surface area contributed by atoms with Gasteiger partial charge in [0, 0.05) is 19.5 Å². The number of nitrogens with zero attached hydrogens (tertiary/aromatic N) is 3. The van der Waals surface area contributed by atoms with Crippen LogP contribution in [0, 0.1) is 12.8 Å². The van der Waals surface area contributed by atoms with Gasteiger partial charge < -0.3 is 9.64 Å². The SMILES string of the molecule is COc1ccccc1C(=O)N1CCC(Cc2n[nH]c(C)n2)CC1. The number of hydrogen-bond donors (Lipinski definition) is 1. The maximum atomic E-state index is 12.7. The van der Waals surface area contributed by atoms with E-state index in [1.54, 1.807) is 7.11 Å². The molecule has 1 aromatic carbocycles. The second-order valence-electron chi connectivity index (χ2n) is 5.98. The number of rotatable bonds is 4. The second kappa shape index (κ2) is 6.81. The van der Waals surface area contributed by atoms with Crippen molar-refractivity contribution in [2.75, 3.05) is 20.2 Å². The molecule has 1 aliphatic heterocycles. The third-order valence-corrected chi connectivity index (χ3v) is 4.35. The van der Waals surface area contributed by atoms with Crippen LogP contribution in [0.15, 0.2) is 24.3 Å². The maximum absolute atomic E-state index is 12.7. The lowest BCUT2D eigenvalue weighted by Gasteiger charge is -2.32. The lowest BCUT2D eigenvalue weighted by Crippen LogP contribution is -2.39. The number of benzene rings is 1. The first-order valence-corrected chi connectivity index (χ1v) is 7.97. The average Bonchev–Trinajstić information content (AvgIpc) is 3.00. The van der Waals surface area contributed by atoms with Crippen LogP contribution in [0.5, 0.6) is 5.75 Å². The van der Waals surface area contributed by atoms with E-state index in [1.807, 2.05) is 36.1 Å². The number of para-hydroxylation sites is 1. The Kier molecular flexibility index (Phi) is 4.60. The van der Waals surface area contributed by atoms with Crippen molar-refractivity contribution in [1.82, 2.24) is 20.1 Å². The zero-order valence-corrected chi connectivity index (χ0v) is 13.6. The van der Waals surface area contributed by atoms with Crippen molar-refractivity contribution in [3.8, 4) is 5.75 Å². The number of amides is 1. The van der Waals surface area contributed by atoms with Gasteiger partial charge in [0.25, 0.3) is 5.91 Å². The molecule has 1 aliphatic rings. The molecule has 2 heterocycles. The average molecular weight is 314 g/mol. The van der Waals surface area contributed by atoms with E-state index in [9.17, 15) is 4.79 Å². The smallest absolute Gasteiger partial charge is 0.257 e. The number of carbonyl (C=O) groups is 1. The number of nitrogens with one attached hydrogen (secondary N) is 1. The molecule has 6 nitrogen and oxygen atoms in total. The zero-order valence-electron chi connectivity index (χ0n) is 13.6. The molecule has 2 aromatic rings. The maximum Gasteiger partial charge on any atom is 0.257 e. The number of likely N-dealkylation sites (tertiary alicyclic amines) is 1. The molecule has 0 aliphatic carbocycles. The van der Waals surface area contributed by atoms with E-state index in [0.717, 1.165) is 44.0 Å². The molecular weight excluding hydrogens is 292 g/mol. The summed E-state index contributed by atoms with van der Waals surface area (Å²) in [6.45, 7) is 3.45. The molecule has 0 unspecified atom stereocenters. The highest BCUT2D eigenvalue weighted by molar-refractivity contribution is 5.97. The lowest BCUT2D eigenvalue weighted by molar-refractivity contribution is 0.0686. The zero-order chi connectivity index (χ0) is 16.2. The standard InChI is InChI=1S/C17H22N4O2/c1-12-18-16(20-19-12)11-13-7-9-21(10-8-13)17(22)14-5-3-4-6-15(14)23-2/h3-6,13H,7-11H2,1-2H3,(H,18,19,20). The Labute approximate surface area is 135 Å². The summed E-state index contributed by atoms with van der Waals surface area (Å²) in [4.78, 5) is 18.9. The number of piperidine rings is 1. The van der Waals surface area contributed by atoms with Crippen LogP contribution in [0.3, 0.4) is 0 Å². The van der Waals surface area contributed by atoms with Crippen molar-refractivity contribution in [1.29, 1.82) is 0 Å². The molecule has 0 saturated carbocycles. The van der Waals surface area contributed by atoms with Crippen LogP contribution >= 0.6 is 0 Å². The van der Waals surface area contributed by atoms with Crippen molar-refractivity contribution in [2.45, 2.75) is 26.2 Å². The van der Waals surface area contributed by atoms with Gasteiger partial charge in [0.15, 0.2) is 5.82 Å². The Bertz CT molecular complexity index is 675. The third-order valence-electron chi connectivity index (χ3n) is 4.35. The Balaban J connectivity index is 1.59. The molecule has 6 heteroatoms. The number of hydrogen-bond acceptors (Lipinski definition) is 4. The first-order valence-electron chi connectivity index (χ1n) is 7.97. The fourth-order valence-corrected chi connectivity index (χ4v) is 3.07. The summed E-state index contributed by atoms with van der Waals surface area (Å²) >= 11 is 0. The number of carbonyl (C=O) groups excluding carboxylic acids is 1. The van der Waals surface area contributed by atoms with Crippen molar-refractivity contribution in [3.05, 3.63) is 41.5 Å². The van der Waals surface area contributed by atoms with E-state index in [1.165, 1.54) is 0 Å².